The van der Waals surface area contributed by atoms with E-state index in [0.717, 1.165) is 26.1 Å². The first-order valence-corrected chi connectivity index (χ1v) is 9.44. The summed E-state index contributed by atoms with van der Waals surface area (Å²) in [6.45, 7) is 7.34. The third-order valence-electron chi connectivity index (χ3n) is 5.10. The van der Waals surface area contributed by atoms with E-state index in [1.807, 2.05) is 0 Å². The molecule has 1 aliphatic rings. The van der Waals surface area contributed by atoms with Gasteiger partial charge in [0.2, 0.25) is 0 Å². The van der Waals surface area contributed by atoms with Gasteiger partial charge in [-0.2, -0.15) is 0 Å². The Balaban J connectivity index is 1.44. The third kappa shape index (κ3) is 5.41. The zero-order valence-electron chi connectivity index (χ0n) is 16.0. The molecule has 3 rings (SSSR count). The second kappa shape index (κ2) is 8.82. The summed E-state index contributed by atoms with van der Waals surface area (Å²) in [7, 11) is 0. The molecule has 2 aromatic rings. The molecule has 0 aliphatic carbocycles. The molecule has 1 saturated heterocycles. The Morgan fingerprint density at radius 1 is 1.15 bits per heavy atom. The lowest BCUT2D eigenvalue weighted by atomic mass is 10.1. The number of rotatable bonds is 6. The van der Waals surface area contributed by atoms with Crippen molar-refractivity contribution in [2.75, 3.05) is 25.0 Å². The number of urea groups is 1. The minimum Gasteiger partial charge on any atom is -0.338 e. The monoisotopic (exact) mass is 365 g/mol. The molecule has 1 heterocycles. The quantitative estimate of drug-likeness (QED) is 0.765. The van der Waals surface area contributed by atoms with Crippen molar-refractivity contribution in [3.63, 3.8) is 0 Å². The highest BCUT2D eigenvalue weighted by molar-refractivity contribution is 5.96. The minimum absolute atomic E-state index is 0.0150. The summed E-state index contributed by atoms with van der Waals surface area (Å²) in [5.74, 6) is 0.446. The van der Waals surface area contributed by atoms with Crippen molar-refractivity contribution in [1.29, 1.82) is 0 Å². The molecule has 0 saturated carbocycles. The average Bonchev–Trinajstić information content (AvgIpc) is 3.10. The number of aryl methyl sites for hydroxylation is 1. The van der Waals surface area contributed by atoms with Gasteiger partial charge in [0.15, 0.2) is 5.78 Å². The fourth-order valence-electron chi connectivity index (χ4n) is 3.48. The van der Waals surface area contributed by atoms with Crippen molar-refractivity contribution in [2.45, 2.75) is 26.8 Å². The zero-order valence-corrected chi connectivity index (χ0v) is 16.0. The van der Waals surface area contributed by atoms with Gasteiger partial charge in [-0.3, -0.25) is 9.69 Å². The van der Waals surface area contributed by atoms with Gasteiger partial charge < -0.3 is 10.6 Å². The highest BCUT2D eigenvalue weighted by atomic mass is 16.2. The molecule has 0 unspecified atom stereocenters. The summed E-state index contributed by atoms with van der Waals surface area (Å²) < 4.78 is 0. The fourth-order valence-corrected chi connectivity index (χ4v) is 3.48. The third-order valence-corrected chi connectivity index (χ3v) is 5.10. The normalized spacial score (nSPS) is 16.9. The Bertz CT molecular complexity index is 819. The Kier molecular flexibility index (Phi) is 6.24. The summed E-state index contributed by atoms with van der Waals surface area (Å²) in [5.41, 5.74) is 3.92. The molecule has 2 N–H and O–H groups in total. The molecule has 5 nitrogen and oxygen atoms in total. The van der Waals surface area contributed by atoms with Crippen molar-refractivity contribution in [3.05, 3.63) is 65.2 Å². The first-order valence-electron chi connectivity index (χ1n) is 9.44. The average molecular weight is 365 g/mol. The minimum atomic E-state index is -0.229. The van der Waals surface area contributed by atoms with E-state index >= 15 is 0 Å². The number of Topliss-reactive ketones (excluding diaryl/α,β-unsaturated/α-hetero) is 1. The van der Waals surface area contributed by atoms with Gasteiger partial charge in [0.25, 0.3) is 0 Å². The largest absolute Gasteiger partial charge is 0.338 e. The van der Waals surface area contributed by atoms with Crippen LogP contribution in [0.3, 0.4) is 0 Å². The summed E-state index contributed by atoms with van der Waals surface area (Å²) in [4.78, 5) is 26.0. The lowest BCUT2D eigenvalue weighted by Gasteiger charge is -2.18. The number of nitrogens with one attached hydrogen (secondary N) is 2. The maximum absolute atomic E-state index is 12.1. The van der Waals surface area contributed by atoms with Crippen LogP contribution in [0, 0.1) is 12.8 Å². The molecule has 1 atom stereocenters. The van der Waals surface area contributed by atoms with Crippen molar-refractivity contribution >= 4 is 17.5 Å². The molecule has 1 fully saturated rings. The van der Waals surface area contributed by atoms with Crippen molar-refractivity contribution in [1.82, 2.24) is 10.2 Å². The molecule has 0 bridgehead atoms. The Hall–Kier alpha value is -2.66. The van der Waals surface area contributed by atoms with Gasteiger partial charge in [-0.15, -0.1) is 0 Å². The summed E-state index contributed by atoms with van der Waals surface area (Å²) in [5, 5.41) is 5.76. The molecule has 142 valence electrons. The Labute approximate surface area is 160 Å². The maximum Gasteiger partial charge on any atom is 0.319 e. The number of carbonyl (C=O) groups excluding carboxylic acids is 2. The Morgan fingerprint density at radius 3 is 2.74 bits per heavy atom. The van der Waals surface area contributed by atoms with E-state index in [1.165, 1.54) is 18.1 Å². The number of benzene rings is 2. The van der Waals surface area contributed by atoms with Crippen LogP contribution < -0.4 is 10.6 Å². The molecule has 0 aromatic heterocycles. The lowest BCUT2D eigenvalue weighted by Crippen LogP contribution is -2.34. The Morgan fingerprint density at radius 2 is 1.96 bits per heavy atom. The lowest BCUT2D eigenvalue weighted by molar-refractivity contribution is 0.101. The maximum atomic E-state index is 12.1. The fraction of sp³-hybridized carbons (Fsp3) is 0.364. The second-order valence-electron chi connectivity index (χ2n) is 7.29. The van der Waals surface area contributed by atoms with E-state index in [2.05, 4.69) is 46.7 Å². The highest BCUT2D eigenvalue weighted by Crippen LogP contribution is 2.19. The molecule has 5 heteroatoms. The number of ketones is 1. The number of carbonyl (C=O) groups is 2. The predicted octanol–water partition coefficient (Wildman–Crippen LogP) is 3.84. The van der Waals surface area contributed by atoms with Crippen molar-refractivity contribution in [3.8, 4) is 0 Å². The molecule has 0 spiro atoms. The number of likely N-dealkylation sites (tertiary alicyclic amines) is 1. The molecule has 2 aromatic carbocycles. The predicted molar refractivity (Wildman–Crippen MR) is 108 cm³/mol. The van der Waals surface area contributed by atoms with Crippen LogP contribution in [0.25, 0.3) is 0 Å². The van der Waals surface area contributed by atoms with Gasteiger partial charge in [-0.05, 0) is 56.0 Å². The van der Waals surface area contributed by atoms with Crippen LogP contribution in [0.1, 0.15) is 34.8 Å². The van der Waals surface area contributed by atoms with Gasteiger partial charge >= 0.3 is 6.03 Å². The van der Waals surface area contributed by atoms with Crippen LogP contribution in [0.2, 0.25) is 0 Å². The molecule has 0 radical (unpaired) electrons. The van der Waals surface area contributed by atoms with E-state index in [0.29, 0.717) is 23.7 Å². The van der Waals surface area contributed by atoms with Crippen LogP contribution in [0.4, 0.5) is 10.5 Å². The topological polar surface area (TPSA) is 61.4 Å². The summed E-state index contributed by atoms with van der Waals surface area (Å²) in [6.07, 6.45) is 1.09. The van der Waals surface area contributed by atoms with E-state index < -0.39 is 0 Å². The zero-order chi connectivity index (χ0) is 19.2. The van der Waals surface area contributed by atoms with Crippen LogP contribution >= 0.6 is 0 Å². The van der Waals surface area contributed by atoms with Crippen molar-refractivity contribution in [2.24, 2.45) is 5.92 Å². The van der Waals surface area contributed by atoms with E-state index in [9.17, 15) is 9.59 Å². The highest BCUT2D eigenvalue weighted by Gasteiger charge is 2.23. The van der Waals surface area contributed by atoms with Crippen LogP contribution in [0.15, 0.2) is 48.5 Å². The molecular weight excluding hydrogens is 338 g/mol. The standard InChI is InChI=1S/C22H27N3O2/c1-16-6-3-4-7-20(16)15-25-11-10-18(14-25)13-23-22(27)24-21-9-5-8-19(12-21)17(2)26/h3-9,12,18H,10-11,13-15H2,1-2H3,(H2,23,24,27)/t18-/m1/s1. The second-order valence-corrected chi connectivity index (χ2v) is 7.29. The first-order chi connectivity index (χ1) is 13.0. The number of hydrogen-bond donors (Lipinski definition) is 2. The molecule has 27 heavy (non-hydrogen) atoms. The van der Waals surface area contributed by atoms with E-state index in [-0.39, 0.29) is 11.8 Å². The van der Waals surface area contributed by atoms with E-state index in [4.69, 9.17) is 0 Å². The van der Waals surface area contributed by atoms with Crippen molar-refractivity contribution < 1.29 is 9.59 Å². The SMILES string of the molecule is CC(=O)c1cccc(NC(=O)NC[C@H]2CCN(Cc3ccccc3C)C2)c1. The molecular formula is C22H27N3O2. The number of amides is 2. The summed E-state index contributed by atoms with van der Waals surface area (Å²) >= 11 is 0. The van der Waals surface area contributed by atoms with Crippen LogP contribution in [-0.2, 0) is 6.54 Å². The number of nitrogens with zero attached hydrogens (tertiary/aromatic N) is 1. The van der Waals surface area contributed by atoms with E-state index in [1.54, 1.807) is 24.3 Å². The van der Waals surface area contributed by atoms with Gasteiger partial charge in [0.1, 0.15) is 0 Å². The first kappa shape index (κ1) is 19.1. The molecule has 1 aliphatic heterocycles. The van der Waals surface area contributed by atoms with Crippen LogP contribution in [-0.4, -0.2) is 36.3 Å². The van der Waals surface area contributed by atoms with Gasteiger partial charge in [0.05, 0.1) is 0 Å². The number of anilines is 1. The van der Waals surface area contributed by atoms with Gasteiger partial charge in [-0.1, -0.05) is 36.4 Å². The number of hydrogen-bond acceptors (Lipinski definition) is 3. The van der Waals surface area contributed by atoms with Gasteiger partial charge in [-0.25, -0.2) is 4.79 Å². The smallest absolute Gasteiger partial charge is 0.319 e. The summed E-state index contributed by atoms with van der Waals surface area (Å²) in [6, 6.07) is 15.3. The van der Waals surface area contributed by atoms with Gasteiger partial charge in [0, 0.05) is 30.9 Å². The van der Waals surface area contributed by atoms with Crippen LogP contribution in [0.5, 0.6) is 0 Å². The molecule has 2 amide bonds.